The lowest BCUT2D eigenvalue weighted by atomic mass is 10.0. The molecule has 1 fully saturated rings. The first-order chi connectivity index (χ1) is 15.4. The van der Waals surface area contributed by atoms with Gasteiger partial charge in [-0.1, -0.05) is 24.1 Å². The van der Waals surface area contributed by atoms with Gasteiger partial charge in [-0.25, -0.2) is 4.39 Å². The smallest absolute Gasteiger partial charge is 0.272 e. The average Bonchev–Trinajstić information content (AvgIpc) is 3.22. The van der Waals surface area contributed by atoms with E-state index >= 15 is 0 Å². The van der Waals surface area contributed by atoms with E-state index in [0.717, 1.165) is 19.5 Å². The molecule has 2 aliphatic rings. The van der Waals surface area contributed by atoms with E-state index in [1.54, 1.807) is 10.7 Å². The molecule has 3 heterocycles. The summed E-state index contributed by atoms with van der Waals surface area (Å²) in [6, 6.07) is 6.58. The van der Waals surface area contributed by atoms with Crippen molar-refractivity contribution in [2.24, 2.45) is 0 Å². The second kappa shape index (κ2) is 10.0. The summed E-state index contributed by atoms with van der Waals surface area (Å²) in [6.07, 6.45) is 4.65. The third-order valence-electron chi connectivity index (χ3n) is 6.36. The van der Waals surface area contributed by atoms with E-state index in [9.17, 15) is 14.0 Å². The predicted molar refractivity (Wildman–Crippen MR) is 120 cm³/mol. The molecule has 9 heteroatoms. The van der Waals surface area contributed by atoms with Gasteiger partial charge in [-0.3, -0.25) is 14.3 Å². The molecule has 7 nitrogen and oxygen atoms in total. The van der Waals surface area contributed by atoms with Crippen molar-refractivity contribution < 1.29 is 14.0 Å². The third-order valence-corrected chi connectivity index (χ3v) is 6.71. The van der Waals surface area contributed by atoms with Crippen molar-refractivity contribution in [1.82, 2.24) is 24.9 Å². The molecule has 32 heavy (non-hydrogen) atoms. The first-order valence-electron chi connectivity index (χ1n) is 11.3. The van der Waals surface area contributed by atoms with Gasteiger partial charge in [0, 0.05) is 42.3 Å². The van der Waals surface area contributed by atoms with Crippen LogP contribution in [0.25, 0.3) is 0 Å². The zero-order chi connectivity index (χ0) is 22.7. The van der Waals surface area contributed by atoms with Crippen LogP contribution < -0.4 is 5.32 Å². The van der Waals surface area contributed by atoms with Crippen molar-refractivity contribution in [3.63, 3.8) is 0 Å². The molecule has 0 saturated carbocycles. The standard InChI is InChI=1S/C23H29ClFN5O2/c1-16-6-2-3-10-28(16)11-5-9-26-22(31)20-14-21-23(32)29(12-13-30(21)27-20)15-17-18(24)7-4-8-19(17)25/h4,7-8,14,16H,2-3,5-6,9-13,15H2,1H3,(H,26,31)/t16-/m0/s1. The quantitative estimate of drug-likeness (QED) is 0.642. The van der Waals surface area contributed by atoms with Crippen LogP contribution >= 0.6 is 11.6 Å². The highest BCUT2D eigenvalue weighted by atomic mass is 35.5. The van der Waals surface area contributed by atoms with Crippen LogP contribution in [0.15, 0.2) is 24.3 Å². The predicted octanol–water partition coefficient (Wildman–Crippen LogP) is 3.33. The molecule has 0 unspecified atom stereocenters. The second-order valence-electron chi connectivity index (χ2n) is 8.56. The Bertz CT molecular complexity index is 975. The Balaban J connectivity index is 1.33. The monoisotopic (exact) mass is 461 g/mol. The molecule has 0 radical (unpaired) electrons. The number of nitrogens with one attached hydrogen (secondary N) is 1. The highest BCUT2D eigenvalue weighted by Gasteiger charge is 2.29. The molecule has 1 saturated heterocycles. The number of carbonyl (C=O) groups excluding carboxylic acids is 2. The van der Waals surface area contributed by atoms with Gasteiger partial charge in [-0.2, -0.15) is 5.10 Å². The van der Waals surface area contributed by atoms with E-state index in [2.05, 4.69) is 22.2 Å². The zero-order valence-corrected chi connectivity index (χ0v) is 19.1. The van der Waals surface area contributed by atoms with Crippen molar-refractivity contribution in [1.29, 1.82) is 0 Å². The maximum Gasteiger partial charge on any atom is 0.272 e. The van der Waals surface area contributed by atoms with Gasteiger partial charge < -0.3 is 15.1 Å². The Labute approximate surface area is 192 Å². The Hall–Kier alpha value is -2.45. The largest absolute Gasteiger partial charge is 0.351 e. The SMILES string of the molecule is C[C@H]1CCCCN1CCCNC(=O)c1cc2n(n1)CCN(Cc1c(F)cccc1Cl)C2=O. The Kier molecular flexibility index (Phi) is 7.10. The molecule has 1 N–H and O–H groups in total. The van der Waals surface area contributed by atoms with Crippen LogP contribution in [0.1, 0.15) is 59.1 Å². The number of benzene rings is 1. The fourth-order valence-electron chi connectivity index (χ4n) is 4.44. The first kappa shape index (κ1) is 22.7. The third kappa shape index (κ3) is 4.96. The van der Waals surface area contributed by atoms with Crippen molar-refractivity contribution in [3.8, 4) is 0 Å². The number of rotatable bonds is 7. The summed E-state index contributed by atoms with van der Waals surface area (Å²) in [7, 11) is 0. The van der Waals surface area contributed by atoms with Gasteiger partial charge in [0.1, 0.15) is 11.5 Å². The summed E-state index contributed by atoms with van der Waals surface area (Å²) in [5, 5.41) is 7.50. The lowest BCUT2D eigenvalue weighted by molar-refractivity contribution is 0.0681. The summed E-state index contributed by atoms with van der Waals surface area (Å²) in [4.78, 5) is 29.5. The van der Waals surface area contributed by atoms with E-state index in [1.807, 2.05) is 0 Å². The minimum atomic E-state index is -0.441. The van der Waals surface area contributed by atoms with E-state index in [0.29, 0.717) is 31.4 Å². The highest BCUT2D eigenvalue weighted by Crippen LogP contribution is 2.23. The normalized spacial score (nSPS) is 19.2. The molecule has 0 bridgehead atoms. The molecule has 1 atom stereocenters. The summed E-state index contributed by atoms with van der Waals surface area (Å²) >= 11 is 6.11. The van der Waals surface area contributed by atoms with Gasteiger partial charge in [-0.15, -0.1) is 0 Å². The molecule has 1 aromatic heterocycles. The van der Waals surface area contributed by atoms with Crippen LogP contribution in [0.3, 0.4) is 0 Å². The number of likely N-dealkylation sites (tertiary alicyclic amines) is 1. The average molecular weight is 462 g/mol. The summed E-state index contributed by atoms with van der Waals surface area (Å²) in [5.41, 5.74) is 0.845. The fraction of sp³-hybridized carbons (Fsp3) is 0.522. The first-order valence-corrected chi connectivity index (χ1v) is 11.6. The van der Waals surface area contributed by atoms with Crippen LogP contribution in [0.5, 0.6) is 0 Å². The summed E-state index contributed by atoms with van der Waals surface area (Å²) < 4.78 is 15.7. The topological polar surface area (TPSA) is 70.5 Å². The van der Waals surface area contributed by atoms with Crippen LogP contribution in [0.4, 0.5) is 4.39 Å². The molecule has 2 aromatic rings. The molecule has 2 aliphatic heterocycles. The van der Waals surface area contributed by atoms with E-state index < -0.39 is 5.82 Å². The van der Waals surface area contributed by atoms with Crippen molar-refractivity contribution in [2.75, 3.05) is 26.2 Å². The van der Waals surface area contributed by atoms with E-state index in [-0.39, 0.29) is 34.6 Å². The van der Waals surface area contributed by atoms with Gasteiger partial charge in [0.2, 0.25) is 0 Å². The van der Waals surface area contributed by atoms with Gasteiger partial charge in [0.15, 0.2) is 5.69 Å². The molecule has 4 rings (SSSR count). The van der Waals surface area contributed by atoms with Crippen molar-refractivity contribution in [2.45, 2.75) is 51.7 Å². The molecule has 0 aliphatic carbocycles. The van der Waals surface area contributed by atoms with Gasteiger partial charge in [0.05, 0.1) is 13.1 Å². The van der Waals surface area contributed by atoms with Gasteiger partial charge >= 0.3 is 0 Å². The van der Waals surface area contributed by atoms with E-state index in [1.165, 1.54) is 42.4 Å². The number of halogens is 2. The Morgan fingerprint density at radius 3 is 2.91 bits per heavy atom. The number of amides is 2. The zero-order valence-electron chi connectivity index (χ0n) is 18.3. The Morgan fingerprint density at radius 2 is 2.12 bits per heavy atom. The maximum atomic E-state index is 14.1. The number of carbonyl (C=O) groups is 2. The number of hydrogen-bond donors (Lipinski definition) is 1. The molecular formula is C23H29ClFN5O2. The molecule has 1 aromatic carbocycles. The minimum absolute atomic E-state index is 0.0754. The van der Waals surface area contributed by atoms with Gasteiger partial charge in [-0.05, 0) is 44.9 Å². The number of fused-ring (bicyclic) bond motifs is 1. The minimum Gasteiger partial charge on any atom is -0.351 e. The maximum absolute atomic E-state index is 14.1. The van der Waals surface area contributed by atoms with Crippen LogP contribution in [0, 0.1) is 5.82 Å². The Morgan fingerprint density at radius 1 is 1.28 bits per heavy atom. The van der Waals surface area contributed by atoms with Crippen LogP contribution in [-0.4, -0.2) is 63.6 Å². The van der Waals surface area contributed by atoms with Crippen molar-refractivity contribution >= 4 is 23.4 Å². The molecule has 0 spiro atoms. The number of nitrogens with zero attached hydrogens (tertiary/aromatic N) is 4. The highest BCUT2D eigenvalue weighted by molar-refractivity contribution is 6.31. The number of hydrogen-bond acceptors (Lipinski definition) is 4. The second-order valence-corrected chi connectivity index (χ2v) is 8.96. The van der Waals surface area contributed by atoms with Crippen molar-refractivity contribution in [3.05, 3.63) is 52.1 Å². The van der Waals surface area contributed by atoms with Gasteiger partial charge in [0.25, 0.3) is 11.8 Å². The van der Waals surface area contributed by atoms with Crippen LogP contribution in [-0.2, 0) is 13.1 Å². The molecule has 2 amide bonds. The summed E-state index contributed by atoms with van der Waals surface area (Å²) in [5.74, 6) is -1.01. The molecular weight excluding hydrogens is 433 g/mol. The number of piperidine rings is 1. The molecule has 172 valence electrons. The lowest BCUT2D eigenvalue weighted by Crippen LogP contribution is -2.40. The fourth-order valence-corrected chi connectivity index (χ4v) is 4.66. The van der Waals surface area contributed by atoms with Crippen LogP contribution in [0.2, 0.25) is 5.02 Å². The number of aromatic nitrogens is 2. The summed E-state index contributed by atoms with van der Waals surface area (Å²) in [6.45, 7) is 5.79. The lowest BCUT2D eigenvalue weighted by Gasteiger charge is -2.33. The van der Waals surface area contributed by atoms with E-state index in [4.69, 9.17) is 11.6 Å².